The van der Waals surface area contributed by atoms with Crippen LogP contribution in [0.25, 0.3) is 0 Å². The average molecular weight is 317 g/mol. The SMILES string of the molecule is CCC(C)c1cc(S(=O)(=O)Cl)ccc1OCC=C(C)C. The highest BCUT2D eigenvalue weighted by molar-refractivity contribution is 8.13. The number of halogens is 1. The summed E-state index contributed by atoms with van der Waals surface area (Å²) in [5.74, 6) is 0.913. The van der Waals surface area contributed by atoms with Gasteiger partial charge in [-0.1, -0.05) is 19.4 Å². The molecule has 0 radical (unpaired) electrons. The standard InChI is InChI=1S/C15H21ClO3S/c1-5-12(4)14-10-13(20(16,17)18)6-7-15(14)19-9-8-11(2)3/h6-8,10,12H,5,9H2,1-4H3. The molecule has 0 amide bonds. The molecule has 0 saturated heterocycles. The van der Waals surface area contributed by atoms with Crippen LogP contribution in [0.3, 0.4) is 0 Å². The van der Waals surface area contributed by atoms with E-state index in [0.717, 1.165) is 12.0 Å². The molecule has 0 fully saturated rings. The lowest BCUT2D eigenvalue weighted by atomic mass is 9.98. The van der Waals surface area contributed by atoms with Crippen molar-refractivity contribution in [3.8, 4) is 5.75 Å². The Hall–Kier alpha value is -1.00. The molecular formula is C15H21ClO3S. The molecular weight excluding hydrogens is 296 g/mol. The van der Waals surface area contributed by atoms with E-state index < -0.39 is 9.05 Å². The smallest absolute Gasteiger partial charge is 0.261 e. The molecule has 20 heavy (non-hydrogen) atoms. The van der Waals surface area contributed by atoms with E-state index in [1.165, 1.54) is 11.6 Å². The third-order valence-electron chi connectivity index (χ3n) is 3.14. The van der Waals surface area contributed by atoms with Gasteiger partial charge in [-0.25, -0.2) is 8.42 Å². The fourth-order valence-corrected chi connectivity index (χ4v) is 2.50. The van der Waals surface area contributed by atoms with Crippen LogP contribution in [0.2, 0.25) is 0 Å². The summed E-state index contributed by atoms with van der Waals surface area (Å²) in [5.41, 5.74) is 2.05. The van der Waals surface area contributed by atoms with Gasteiger partial charge in [-0.05, 0) is 56.0 Å². The molecule has 1 aromatic rings. The van der Waals surface area contributed by atoms with Crippen LogP contribution in [-0.4, -0.2) is 15.0 Å². The number of rotatable bonds is 6. The van der Waals surface area contributed by atoms with Crippen molar-refractivity contribution in [2.45, 2.75) is 44.9 Å². The van der Waals surface area contributed by atoms with E-state index in [2.05, 4.69) is 0 Å². The van der Waals surface area contributed by atoms with E-state index in [0.29, 0.717) is 12.4 Å². The van der Waals surface area contributed by atoms with Crippen molar-refractivity contribution < 1.29 is 13.2 Å². The summed E-state index contributed by atoms with van der Waals surface area (Å²) in [6.45, 7) is 8.56. The minimum Gasteiger partial charge on any atom is -0.489 e. The number of benzene rings is 1. The zero-order valence-electron chi connectivity index (χ0n) is 12.3. The Bertz CT molecular complexity index is 587. The molecule has 0 N–H and O–H groups in total. The summed E-state index contributed by atoms with van der Waals surface area (Å²) in [6.07, 6.45) is 2.87. The van der Waals surface area contributed by atoms with Gasteiger partial charge in [0, 0.05) is 10.7 Å². The van der Waals surface area contributed by atoms with Gasteiger partial charge in [-0.3, -0.25) is 0 Å². The Kier molecular flexibility index (Phi) is 6.08. The average Bonchev–Trinajstić information content (AvgIpc) is 2.36. The second kappa shape index (κ2) is 7.14. The number of ether oxygens (including phenoxy) is 1. The van der Waals surface area contributed by atoms with Crippen LogP contribution < -0.4 is 4.74 Å². The van der Waals surface area contributed by atoms with E-state index in [4.69, 9.17) is 15.4 Å². The fraction of sp³-hybridized carbons (Fsp3) is 0.467. The predicted molar refractivity (Wildman–Crippen MR) is 83.1 cm³/mol. The summed E-state index contributed by atoms with van der Waals surface area (Å²) in [5, 5.41) is 0. The second-order valence-electron chi connectivity index (χ2n) is 5.04. The van der Waals surface area contributed by atoms with Gasteiger partial charge in [0.2, 0.25) is 0 Å². The number of hydrogen-bond donors (Lipinski definition) is 0. The Morgan fingerprint density at radius 2 is 2.05 bits per heavy atom. The molecule has 0 bridgehead atoms. The summed E-state index contributed by atoms with van der Waals surface area (Å²) < 4.78 is 28.6. The first kappa shape index (κ1) is 17.1. The molecule has 0 aliphatic carbocycles. The summed E-state index contributed by atoms with van der Waals surface area (Å²) in [7, 11) is 1.69. The zero-order valence-corrected chi connectivity index (χ0v) is 13.9. The van der Waals surface area contributed by atoms with E-state index in [9.17, 15) is 8.42 Å². The van der Waals surface area contributed by atoms with E-state index >= 15 is 0 Å². The topological polar surface area (TPSA) is 43.4 Å². The second-order valence-corrected chi connectivity index (χ2v) is 7.61. The van der Waals surface area contributed by atoms with Crippen LogP contribution in [-0.2, 0) is 9.05 Å². The van der Waals surface area contributed by atoms with Gasteiger partial charge < -0.3 is 4.74 Å². The Balaban J connectivity index is 3.14. The van der Waals surface area contributed by atoms with Crippen molar-refractivity contribution >= 4 is 19.7 Å². The molecule has 3 nitrogen and oxygen atoms in total. The Morgan fingerprint density at radius 1 is 1.40 bits per heavy atom. The van der Waals surface area contributed by atoms with Crippen molar-refractivity contribution in [3.63, 3.8) is 0 Å². The Labute approximate surface area is 126 Å². The molecule has 1 rings (SSSR count). The molecule has 0 aromatic heterocycles. The number of allylic oxidation sites excluding steroid dienone is 1. The predicted octanol–water partition coefficient (Wildman–Crippen LogP) is 4.47. The maximum atomic E-state index is 11.4. The lowest BCUT2D eigenvalue weighted by Crippen LogP contribution is -2.03. The quantitative estimate of drug-likeness (QED) is 0.574. The maximum Gasteiger partial charge on any atom is 0.261 e. The van der Waals surface area contributed by atoms with Crippen LogP contribution in [0.15, 0.2) is 34.7 Å². The van der Waals surface area contributed by atoms with E-state index in [-0.39, 0.29) is 10.8 Å². The maximum absolute atomic E-state index is 11.4. The van der Waals surface area contributed by atoms with Gasteiger partial charge in [0.25, 0.3) is 9.05 Å². The van der Waals surface area contributed by atoms with E-state index in [1.54, 1.807) is 12.1 Å². The van der Waals surface area contributed by atoms with Crippen molar-refractivity contribution in [2.24, 2.45) is 0 Å². The van der Waals surface area contributed by atoms with Gasteiger partial charge in [-0.15, -0.1) is 0 Å². The van der Waals surface area contributed by atoms with Crippen molar-refractivity contribution in [1.29, 1.82) is 0 Å². The minimum atomic E-state index is -3.71. The van der Waals surface area contributed by atoms with Crippen molar-refractivity contribution in [1.82, 2.24) is 0 Å². The first-order chi connectivity index (χ1) is 9.25. The number of hydrogen-bond acceptors (Lipinski definition) is 3. The van der Waals surface area contributed by atoms with Gasteiger partial charge in [0.05, 0.1) is 4.90 Å². The van der Waals surface area contributed by atoms with Gasteiger partial charge in [0.1, 0.15) is 12.4 Å². The van der Waals surface area contributed by atoms with Gasteiger partial charge in [0.15, 0.2) is 0 Å². The molecule has 1 unspecified atom stereocenters. The van der Waals surface area contributed by atoms with Crippen LogP contribution in [0.4, 0.5) is 0 Å². The minimum absolute atomic E-state index is 0.115. The molecule has 112 valence electrons. The first-order valence-corrected chi connectivity index (χ1v) is 8.91. The first-order valence-electron chi connectivity index (χ1n) is 6.60. The lowest BCUT2D eigenvalue weighted by Gasteiger charge is -2.16. The highest BCUT2D eigenvalue weighted by atomic mass is 35.7. The van der Waals surface area contributed by atoms with Crippen LogP contribution >= 0.6 is 10.7 Å². The largest absolute Gasteiger partial charge is 0.489 e. The van der Waals surface area contributed by atoms with Gasteiger partial charge in [-0.2, -0.15) is 0 Å². The van der Waals surface area contributed by atoms with Crippen molar-refractivity contribution in [3.05, 3.63) is 35.4 Å². The molecule has 0 spiro atoms. The molecule has 0 aliphatic rings. The molecule has 0 aliphatic heterocycles. The summed E-state index contributed by atoms with van der Waals surface area (Å²) >= 11 is 0. The molecule has 0 heterocycles. The molecule has 1 aromatic carbocycles. The van der Waals surface area contributed by atoms with Crippen LogP contribution in [0.5, 0.6) is 5.75 Å². The monoisotopic (exact) mass is 316 g/mol. The van der Waals surface area contributed by atoms with E-state index in [1.807, 2.05) is 33.8 Å². The molecule has 0 saturated carbocycles. The molecule has 1 atom stereocenters. The summed E-state index contributed by atoms with van der Waals surface area (Å²) in [6, 6.07) is 4.76. The summed E-state index contributed by atoms with van der Waals surface area (Å²) in [4.78, 5) is 0.115. The zero-order chi connectivity index (χ0) is 15.3. The third kappa shape index (κ3) is 4.84. The van der Waals surface area contributed by atoms with Crippen LogP contribution in [0, 0.1) is 0 Å². The van der Waals surface area contributed by atoms with Gasteiger partial charge >= 0.3 is 0 Å². The third-order valence-corrected chi connectivity index (χ3v) is 4.49. The molecule has 5 heteroatoms. The highest BCUT2D eigenvalue weighted by Crippen LogP contribution is 2.32. The fourth-order valence-electron chi connectivity index (χ4n) is 1.71. The Morgan fingerprint density at radius 3 is 2.55 bits per heavy atom. The highest BCUT2D eigenvalue weighted by Gasteiger charge is 2.16. The van der Waals surface area contributed by atoms with Crippen molar-refractivity contribution in [2.75, 3.05) is 6.61 Å². The lowest BCUT2D eigenvalue weighted by molar-refractivity contribution is 0.355. The normalized spacial score (nSPS) is 12.8. The van der Waals surface area contributed by atoms with Crippen LogP contribution in [0.1, 0.15) is 45.6 Å².